The van der Waals surface area contributed by atoms with Crippen LogP contribution in [0, 0.1) is 0 Å². The second-order valence-electron chi connectivity index (χ2n) is 4.73. The molecule has 102 valence electrons. The van der Waals surface area contributed by atoms with Crippen molar-refractivity contribution in [1.29, 1.82) is 0 Å². The van der Waals surface area contributed by atoms with Crippen LogP contribution in [0.15, 0.2) is 29.0 Å². The van der Waals surface area contributed by atoms with Crippen LogP contribution in [0.1, 0.15) is 11.3 Å². The van der Waals surface area contributed by atoms with E-state index in [4.69, 9.17) is 5.73 Å². The van der Waals surface area contributed by atoms with Crippen LogP contribution >= 0.6 is 15.9 Å². The van der Waals surface area contributed by atoms with Gasteiger partial charge in [-0.2, -0.15) is 5.10 Å². The standard InChI is InChI=1S/C13H18BrN5/c1-18(2)5-6-19-12(11(14)9-17-19)7-10-3-4-16-13(15)8-10/h3-4,8-9H,5-7H2,1-2H3,(H2,15,16). The molecule has 19 heavy (non-hydrogen) atoms. The third-order valence-electron chi connectivity index (χ3n) is 2.87. The van der Waals surface area contributed by atoms with E-state index in [0.29, 0.717) is 5.82 Å². The molecule has 0 bridgehead atoms. The number of aromatic nitrogens is 3. The van der Waals surface area contributed by atoms with E-state index in [2.05, 4.69) is 45.0 Å². The Labute approximate surface area is 121 Å². The van der Waals surface area contributed by atoms with Crippen molar-refractivity contribution in [3.8, 4) is 0 Å². The van der Waals surface area contributed by atoms with Crippen molar-refractivity contribution in [2.24, 2.45) is 0 Å². The van der Waals surface area contributed by atoms with Gasteiger partial charge in [-0.3, -0.25) is 4.68 Å². The molecule has 0 radical (unpaired) electrons. The van der Waals surface area contributed by atoms with Gasteiger partial charge in [-0.05, 0) is 47.7 Å². The van der Waals surface area contributed by atoms with Gasteiger partial charge in [-0.15, -0.1) is 0 Å². The molecule has 2 aromatic rings. The predicted octanol–water partition coefficient (Wildman–Crippen LogP) is 1.78. The van der Waals surface area contributed by atoms with Crippen LogP contribution in [-0.4, -0.2) is 40.3 Å². The monoisotopic (exact) mass is 323 g/mol. The average molecular weight is 324 g/mol. The Balaban J connectivity index is 2.17. The molecule has 0 fully saturated rings. The van der Waals surface area contributed by atoms with Crippen molar-refractivity contribution in [1.82, 2.24) is 19.7 Å². The maximum atomic E-state index is 5.71. The van der Waals surface area contributed by atoms with Crippen LogP contribution < -0.4 is 5.73 Å². The quantitative estimate of drug-likeness (QED) is 0.911. The summed E-state index contributed by atoms with van der Waals surface area (Å²) >= 11 is 3.56. The maximum Gasteiger partial charge on any atom is 0.123 e. The first kappa shape index (κ1) is 14.0. The Hall–Kier alpha value is -1.40. The molecule has 0 aliphatic heterocycles. The molecule has 0 saturated heterocycles. The number of rotatable bonds is 5. The van der Waals surface area contributed by atoms with Gasteiger partial charge in [0, 0.05) is 19.2 Å². The fraction of sp³-hybridized carbons (Fsp3) is 0.385. The molecule has 0 saturated carbocycles. The molecule has 0 aliphatic carbocycles. The molecule has 0 spiro atoms. The largest absolute Gasteiger partial charge is 0.384 e. The van der Waals surface area contributed by atoms with Gasteiger partial charge in [0.25, 0.3) is 0 Å². The van der Waals surface area contributed by atoms with E-state index in [1.807, 2.05) is 23.0 Å². The molecule has 0 unspecified atom stereocenters. The summed E-state index contributed by atoms with van der Waals surface area (Å²) in [5, 5.41) is 4.40. The Morgan fingerprint density at radius 3 is 2.89 bits per heavy atom. The molecule has 0 aliphatic rings. The Kier molecular flexibility index (Phi) is 4.55. The first-order valence-electron chi connectivity index (χ1n) is 6.11. The fourth-order valence-electron chi connectivity index (χ4n) is 1.85. The second-order valence-corrected chi connectivity index (χ2v) is 5.59. The number of nitrogen functional groups attached to an aromatic ring is 1. The van der Waals surface area contributed by atoms with Gasteiger partial charge in [0.15, 0.2) is 0 Å². The summed E-state index contributed by atoms with van der Waals surface area (Å²) in [5.41, 5.74) is 8.01. The molecular weight excluding hydrogens is 306 g/mol. The number of nitrogens with two attached hydrogens (primary N) is 1. The normalized spacial score (nSPS) is 11.2. The highest BCUT2D eigenvalue weighted by molar-refractivity contribution is 9.10. The van der Waals surface area contributed by atoms with Crippen LogP contribution in [-0.2, 0) is 13.0 Å². The number of pyridine rings is 1. The topological polar surface area (TPSA) is 60.0 Å². The zero-order valence-electron chi connectivity index (χ0n) is 11.2. The van der Waals surface area contributed by atoms with Gasteiger partial charge >= 0.3 is 0 Å². The smallest absolute Gasteiger partial charge is 0.123 e. The van der Waals surface area contributed by atoms with Crippen molar-refractivity contribution in [2.45, 2.75) is 13.0 Å². The molecule has 0 aromatic carbocycles. The van der Waals surface area contributed by atoms with Crippen LogP contribution in [0.3, 0.4) is 0 Å². The lowest BCUT2D eigenvalue weighted by molar-refractivity contribution is 0.370. The van der Waals surface area contributed by atoms with Gasteiger partial charge in [0.1, 0.15) is 5.82 Å². The van der Waals surface area contributed by atoms with E-state index in [-0.39, 0.29) is 0 Å². The van der Waals surface area contributed by atoms with Gasteiger partial charge in [0.2, 0.25) is 0 Å². The highest BCUT2D eigenvalue weighted by Gasteiger charge is 2.10. The molecule has 0 amide bonds. The first-order valence-corrected chi connectivity index (χ1v) is 6.91. The minimum atomic E-state index is 0.549. The van der Waals surface area contributed by atoms with E-state index in [0.717, 1.165) is 35.2 Å². The van der Waals surface area contributed by atoms with Crippen molar-refractivity contribution in [3.63, 3.8) is 0 Å². The number of hydrogen-bond acceptors (Lipinski definition) is 4. The number of likely N-dealkylation sites (N-methyl/N-ethyl adjacent to an activating group) is 1. The van der Waals surface area contributed by atoms with Gasteiger partial charge in [0.05, 0.1) is 22.9 Å². The Bertz CT molecular complexity index is 550. The van der Waals surface area contributed by atoms with E-state index >= 15 is 0 Å². The van der Waals surface area contributed by atoms with Crippen LogP contribution in [0.4, 0.5) is 5.82 Å². The molecule has 6 heteroatoms. The summed E-state index contributed by atoms with van der Waals surface area (Å²) in [7, 11) is 4.11. The summed E-state index contributed by atoms with van der Waals surface area (Å²) in [5.74, 6) is 0.549. The van der Waals surface area contributed by atoms with E-state index < -0.39 is 0 Å². The van der Waals surface area contributed by atoms with Crippen LogP contribution in [0.5, 0.6) is 0 Å². The number of halogens is 1. The third-order valence-corrected chi connectivity index (χ3v) is 3.54. The van der Waals surface area contributed by atoms with E-state index in [9.17, 15) is 0 Å². The summed E-state index contributed by atoms with van der Waals surface area (Å²) in [6.07, 6.45) is 4.37. The van der Waals surface area contributed by atoms with Crippen LogP contribution in [0.25, 0.3) is 0 Å². The van der Waals surface area contributed by atoms with Crippen molar-refractivity contribution in [2.75, 3.05) is 26.4 Å². The molecule has 0 atom stereocenters. The molecule has 2 rings (SSSR count). The minimum Gasteiger partial charge on any atom is -0.384 e. The summed E-state index contributed by atoms with van der Waals surface area (Å²) in [6, 6.07) is 3.88. The second kappa shape index (κ2) is 6.16. The first-order chi connectivity index (χ1) is 9.06. The lowest BCUT2D eigenvalue weighted by Gasteiger charge is -2.12. The summed E-state index contributed by atoms with van der Waals surface area (Å²) in [6.45, 7) is 1.83. The number of hydrogen-bond donors (Lipinski definition) is 1. The highest BCUT2D eigenvalue weighted by Crippen LogP contribution is 2.20. The fourth-order valence-corrected chi connectivity index (χ4v) is 2.29. The highest BCUT2D eigenvalue weighted by atomic mass is 79.9. The van der Waals surface area contributed by atoms with Gasteiger partial charge in [-0.1, -0.05) is 0 Å². The lowest BCUT2D eigenvalue weighted by Crippen LogP contribution is -2.20. The lowest BCUT2D eigenvalue weighted by atomic mass is 10.1. The molecule has 2 heterocycles. The third kappa shape index (κ3) is 3.78. The van der Waals surface area contributed by atoms with Gasteiger partial charge < -0.3 is 10.6 Å². The summed E-state index contributed by atoms with van der Waals surface area (Å²) < 4.78 is 3.06. The Morgan fingerprint density at radius 2 is 2.21 bits per heavy atom. The van der Waals surface area contributed by atoms with Gasteiger partial charge in [-0.25, -0.2) is 4.98 Å². The zero-order chi connectivity index (χ0) is 13.8. The zero-order valence-corrected chi connectivity index (χ0v) is 12.8. The SMILES string of the molecule is CN(C)CCn1ncc(Br)c1Cc1ccnc(N)c1. The molecular formula is C13H18BrN5. The maximum absolute atomic E-state index is 5.71. The van der Waals surface area contributed by atoms with Crippen LogP contribution in [0.2, 0.25) is 0 Å². The minimum absolute atomic E-state index is 0.549. The molecule has 5 nitrogen and oxygen atoms in total. The average Bonchev–Trinajstić information content (AvgIpc) is 2.68. The van der Waals surface area contributed by atoms with Crippen molar-refractivity contribution in [3.05, 3.63) is 40.3 Å². The van der Waals surface area contributed by atoms with E-state index in [1.54, 1.807) is 6.20 Å². The molecule has 2 N–H and O–H groups in total. The molecule has 2 aromatic heterocycles. The Morgan fingerprint density at radius 1 is 1.42 bits per heavy atom. The summed E-state index contributed by atoms with van der Waals surface area (Å²) in [4.78, 5) is 6.15. The number of anilines is 1. The predicted molar refractivity (Wildman–Crippen MR) is 79.9 cm³/mol. The van der Waals surface area contributed by atoms with Crippen molar-refractivity contribution >= 4 is 21.7 Å². The van der Waals surface area contributed by atoms with Crippen molar-refractivity contribution < 1.29 is 0 Å². The number of nitrogens with zero attached hydrogens (tertiary/aromatic N) is 4. The van der Waals surface area contributed by atoms with E-state index in [1.165, 1.54) is 0 Å².